The summed E-state index contributed by atoms with van der Waals surface area (Å²) in [6, 6.07) is 5.72. The maximum Gasteiger partial charge on any atom is 0.130 e. The minimum absolute atomic E-state index is 0.122. The van der Waals surface area contributed by atoms with E-state index in [1.54, 1.807) is 0 Å². The zero-order valence-corrected chi connectivity index (χ0v) is 10.9. The van der Waals surface area contributed by atoms with Crippen LogP contribution in [0.3, 0.4) is 0 Å². The van der Waals surface area contributed by atoms with E-state index in [0.717, 1.165) is 6.07 Å². The largest absolute Gasteiger partial charge is 0.207 e. The Labute approximate surface area is 106 Å². The van der Waals surface area contributed by atoms with E-state index in [-0.39, 0.29) is 5.41 Å². The molecule has 0 aromatic heterocycles. The lowest BCUT2D eigenvalue weighted by Crippen LogP contribution is -2.46. The van der Waals surface area contributed by atoms with Crippen LogP contribution in [0.1, 0.15) is 39.2 Å². The molecule has 1 aromatic carbocycles. The molecule has 1 aliphatic rings. The molecule has 2 rings (SSSR count). The van der Waals surface area contributed by atoms with Crippen molar-refractivity contribution in [1.82, 2.24) is 0 Å². The third-order valence-electron chi connectivity index (χ3n) is 4.08. The van der Waals surface area contributed by atoms with E-state index in [0.29, 0.717) is 24.3 Å². The summed E-state index contributed by atoms with van der Waals surface area (Å²) in [4.78, 5) is 0. The van der Waals surface area contributed by atoms with Crippen molar-refractivity contribution in [3.05, 3.63) is 35.4 Å². The summed E-state index contributed by atoms with van der Waals surface area (Å²) < 4.78 is 26.7. The summed E-state index contributed by atoms with van der Waals surface area (Å²) in [5.74, 6) is -0.804. The molecule has 3 heteroatoms. The number of hydrogen-bond acceptors (Lipinski definition) is 1. The molecule has 0 heterocycles. The molecule has 0 saturated heterocycles. The van der Waals surface area contributed by atoms with Gasteiger partial charge in [-0.3, -0.25) is 0 Å². The molecule has 1 saturated carbocycles. The fourth-order valence-corrected chi connectivity index (χ4v) is 2.64. The first kappa shape index (κ1) is 13.0. The Bertz CT molecular complexity index is 502. The van der Waals surface area contributed by atoms with Gasteiger partial charge < -0.3 is 0 Å². The number of nitrogens with zero attached hydrogens (tertiary/aromatic N) is 1. The van der Waals surface area contributed by atoms with Crippen LogP contribution in [0.15, 0.2) is 18.2 Å². The average Bonchev–Trinajstić information content (AvgIpc) is 2.17. The lowest BCUT2D eigenvalue weighted by atomic mass is 9.53. The summed E-state index contributed by atoms with van der Waals surface area (Å²) in [5, 5.41) is 9.36. The van der Waals surface area contributed by atoms with Crippen LogP contribution in [0.5, 0.6) is 0 Å². The van der Waals surface area contributed by atoms with Crippen LogP contribution < -0.4 is 0 Å². The minimum atomic E-state index is -0.768. The molecule has 1 aromatic rings. The van der Waals surface area contributed by atoms with E-state index in [2.05, 4.69) is 26.8 Å². The highest BCUT2D eigenvalue weighted by Crippen LogP contribution is 2.54. The maximum absolute atomic E-state index is 13.8. The molecule has 0 spiro atoms. The Morgan fingerprint density at radius 3 is 2.33 bits per heavy atom. The van der Waals surface area contributed by atoms with Crippen LogP contribution in [0.25, 0.3) is 0 Å². The maximum atomic E-state index is 13.8. The van der Waals surface area contributed by atoms with Crippen molar-refractivity contribution in [3.63, 3.8) is 0 Å². The second-order valence-electron chi connectivity index (χ2n) is 6.29. The quantitative estimate of drug-likeness (QED) is 0.732. The standard InChI is InChI=1S/C15H17F2N/c1-14(2,3)10-7-15(8-10,9-18)12-5-4-11(16)6-13(12)17/h4-6,10H,7-8H2,1-3H3. The van der Waals surface area contributed by atoms with E-state index in [1.165, 1.54) is 12.1 Å². The minimum Gasteiger partial charge on any atom is -0.207 e. The lowest BCUT2D eigenvalue weighted by molar-refractivity contribution is 0.0761. The Kier molecular flexibility index (Phi) is 2.93. The van der Waals surface area contributed by atoms with Crippen molar-refractivity contribution >= 4 is 0 Å². The molecule has 0 unspecified atom stereocenters. The van der Waals surface area contributed by atoms with E-state index >= 15 is 0 Å². The first-order chi connectivity index (χ1) is 8.28. The van der Waals surface area contributed by atoms with Crippen molar-refractivity contribution in [3.8, 4) is 6.07 Å². The Morgan fingerprint density at radius 1 is 1.28 bits per heavy atom. The van der Waals surface area contributed by atoms with E-state index in [1.807, 2.05) is 0 Å². The number of hydrogen-bond donors (Lipinski definition) is 0. The molecule has 1 aliphatic carbocycles. The lowest BCUT2D eigenvalue weighted by Gasteiger charge is -2.49. The molecule has 0 radical (unpaired) electrons. The van der Waals surface area contributed by atoms with Gasteiger partial charge >= 0.3 is 0 Å². The smallest absolute Gasteiger partial charge is 0.130 e. The molecule has 1 fully saturated rings. The van der Waals surface area contributed by atoms with E-state index in [4.69, 9.17) is 0 Å². The van der Waals surface area contributed by atoms with Gasteiger partial charge in [0.1, 0.15) is 11.6 Å². The highest BCUT2D eigenvalue weighted by molar-refractivity contribution is 5.37. The van der Waals surface area contributed by atoms with Gasteiger partial charge in [0.2, 0.25) is 0 Å². The first-order valence-corrected chi connectivity index (χ1v) is 6.15. The third-order valence-corrected chi connectivity index (χ3v) is 4.08. The summed E-state index contributed by atoms with van der Waals surface area (Å²) in [7, 11) is 0. The van der Waals surface area contributed by atoms with Gasteiger partial charge in [-0.05, 0) is 30.2 Å². The number of nitriles is 1. The van der Waals surface area contributed by atoms with Crippen LogP contribution in [0.4, 0.5) is 8.78 Å². The van der Waals surface area contributed by atoms with Crippen LogP contribution in [0, 0.1) is 34.3 Å². The number of rotatable bonds is 1. The predicted octanol–water partition coefficient (Wildman–Crippen LogP) is 4.18. The zero-order valence-electron chi connectivity index (χ0n) is 10.9. The van der Waals surface area contributed by atoms with Gasteiger partial charge in [0.15, 0.2) is 0 Å². The SMILES string of the molecule is CC(C)(C)C1CC(C#N)(c2ccc(F)cc2F)C1. The van der Waals surface area contributed by atoms with Gasteiger partial charge in [0, 0.05) is 11.6 Å². The molecule has 18 heavy (non-hydrogen) atoms. The van der Waals surface area contributed by atoms with Crippen LogP contribution >= 0.6 is 0 Å². The highest BCUT2D eigenvalue weighted by Gasteiger charge is 2.51. The van der Waals surface area contributed by atoms with Crippen LogP contribution in [-0.4, -0.2) is 0 Å². The molecule has 0 N–H and O–H groups in total. The molecule has 0 aliphatic heterocycles. The zero-order chi connectivity index (χ0) is 13.6. The van der Waals surface area contributed by atoms with Crippen molar-refractivity contribution in [1.29, 1.82) is 5.26 Å². The summed E-state index contributed by atoms with van der Waals surface area (Å²) >= 11 is 0. The van der Waals surface area contributed by atoms with Crippen molar-refractivity contribution < 1.29 is 8.78 Å². The van der Waals surface area contributed by atoms with Crippen LogP contribution in [0.2, 0.25) is 0 Å². The van der Waals surface area contributed by atoms with Crippen molar-refractivity contribution in [2.24, 2.45) is 11.3 Å². The van der Waals surface area contributed by atoms with E-state index < -0.39 is 17.0 Å². The van der Waals surface area contributed by atoms with Gasteiger partial charge in [-0.2, -0.15) is 5.26 Å². The first-order valence-electron chi connectivity index (χ1n) is 6.15. The summed E-state index contributed by atoms with van der Waals surface area (Å²) in [6.07, 6.45) is 1.30. The molecule has 0 bridgehead atoms. The monoisotopic (exact) mass is 249 g/mol. The van der Waals surface area contributed by atoms with E-state index in [9.17, 15) is 14.0 Å². The molecule has 1 nitrogen and oxygen atoms in total. The van der Waals surface area contributed by atoms with Crippen molar-refractivity contribution in [2.75, 3.05) is 0 Å². The molecular formula is C15H17F2N. The third kappa shape index (κ3) is 2.01. The fourth-order valence-electron chi connectivity index (χ4n) is 2.64. The van der Waals surface area contributed by atoms with Gasteiger partial charge in [-0.25, -0.2) is 8.78 Å². The number of benzene rings is 1. The molecule has 0 amide bonds. The van der Waals surface area contributed by atoms with Gasteiger partial charge in [0.05, 0.1) is 11.5 Å². The van der Waals surface area contributed by atoms with Crippen LogP contribution in [-0.2, 0) is 5.41 Å². The predicted molar refractivity (Wildman–Crippen MR) is 65.8 cm³/mol. The summed E-state index contributed by atoms with van der Waals surface area (Å²) in [5.41, 5.74) is -0.307. The molecule has 96 valence electrons. The Balaban J connectivity index is 2.30. The number of halogens is 2. The Hall–Kier alpha value is -1.43. The normalized spacial score (nSPS) is 27.4. The van der Waals surface area contributed by atoms with Gasteiger partial charge in [-0.1, -0.05) is 26.8 Å². The van der Waals surface area contributed by atoms with Gasteiger partial charge in [0.25, 0.3) is 0 Å². The van der Waals surface area contributed by atoms with Crippen molar-refractivity contribution in [2.45, 2.75) is 39.0 Å². The fraction of sp³-hybridized carbons (Fsp3) is 0.533. The average molecular weight is 249 g/mol. The second kappa shape index (κ2) is 4.05. The summed E-state index contributed by atoms with van der Waals surface area (Å²) in [6.45, 7) is 6.37. The Morgan fingerprint density at radius 2 is 1.89 bits per heavy atom. The highest BCUT2D eigenvalue weighted by atomic mass is 19.1. The second-order valence-corrected chi connectivity index (χ2v) is 6.29. The topological polar surface area (TPSA) is 23.8 Å². The molecule has 0 atom stereocenters. The molecular weight excluding hydrogens is 232 g/mol. The van der Waals surface area contributed by atoms with Gasteiger partial charge in [-0.15, -0.1) is 0 Å².